The molecule has 0 aliphatic rings. The normalized spacial score (nSPS) is 11.5. The predicted molar refractivity (Wildman–Crippen MR) is 95.8 cm³/mol. The molecule has 2 aromatic carbocycles. The van der Waals surface area contributed by atoms with E-state index in [2.05, 4.69) is 5.32 Å². The third-order valence-electron chi connectivity index (χ3n) is 3.79. The highest BCUT2D eigenvalue weighted by atomic mass is 16.5. The highest BCUT2D eigenvalue weighted by Crippen LogP contribution is 2.13. The fourth-order valence-corrected chi connectivity index (χ4v) is 2.22. The lowest BCUT2D eigenvalue weighted by Gasteiger charge is -2.14. The molecule has 1 unspecified atom stereocenters. The smallest absolute Gasteiger partial charge is 0.338 e. The monoisotopic (exact) mass is 339 g/mol. The highest BCUT2D eigenvalue weighted by molar-refractivity contribution is 5.99. The maximum Gasteiger partial charge on any atom is 0.338 e. The molecule has 0 saturated carbocycles. The van der Waals surface area contributed by atoms with Crippen molar-refractivity contribution in [1.82, 2.24) is 0 Å². The molecule has 0 aromatic heterocycles. The Labute approximate surface area is 147 Å². The van der Waals surface area contributed by atoms with Crippen LogP contribution in [0.15, 0.2) is 48.5 Å². The first-order valence-corrected chi connectivity index (χ1v) is 8.12. The highest BCUT2D eigenvalue weighted by Gasteiger charge is 2.19. The summed E-state index contributed by atoms with van der Waals surface area (Å²) in [5.74, 6) is -1.10. The van der Waals surface area contributed by atoms with Crippen LogP contribution in [0.3, 0.4) is 0 Å². The van der Waals surface area contributed by atoms with E-state index in [0.717, 1.165) is 12.0 Å². The Morgan fingerprint density at radius 2 is 1.72 bits per heavy atom. The third-order valence-corrected chi connectivity index (χ3v) is 3.79. The molecule has 1 N–H and O–H groups in total. The minimum absolute atomic E-state index is 0.0916. The Morgan fingerprint density at radius 3 is 2.32 bits per heavy atom. The Kier molecular flexibility index (Phi) is 6.06. The molecule has 0 fully saturated rings. The van der Waals surface area contributed by atoms with E-state index in [1.54, 1.807) is 36.4 Å². The van der Waals surface area contributed by atoms with Crippen molar-refractivity contribution < 1.29 is 19.1 Å². The molecule has 0 saturated heterocycles. The summed E-state index contributed by atoms with van der Waals surface area (Å²) in [6.45, 7) is 4.98. The van der Waals surface area contributed by atoms with Crippen molar-refractivity contribution in [2.24, 2.45) is 0 Å². The van der Waals surface area contributed by atoms with Gasteiger partial charge in [-0.2, -0.15) is 0 Å². The topological polar surface area (TPSA) is 72.5 Å². The molecule has 2 rings (SSSR count). The summed E-state index contributed by atoms with van der Waals surface area (Å²) >= 11 is 0. The lowest BCUT2D eigenvalue weighted by atomic mass is 10.1. The van der Waals surface area contributed by atoms with E-state index < -0.39 is 18.0 Å². The van der Waals surface area contributed by atoms with Gasteiger partial charge in [0, 0.05) is 11.3 Å². The number of hydrogen-bond donors (Lipinski definition) is 1. The lowest BCUT2D eigenvalue weighted by molar-refractivity contribution is -0.123. The zero-order valence-corrected chi connectivity index (χ0v) is 14.5. The van der Waals surface area contributed by atoms with Crippen molar-refractivity contribution in [3.63, 3.8) is 0 Å². The number of anilines is 1. The fourth-order valence-electron chi connectivity index (χ4n) is 2.22. The van der Waals surface area contributed by atoms with E-state index in [9.17, 15) is 14.4 Å². The molecule has 25 heavy (non-hydrogen) atoms. The molecular weight excluding hydrogens is 318 g/mol. The summed E-state index contributed by atoms with van der Waals surface area (Å²) in [6.07, 6.45) is -0.0765. The first-order valence-electron chi connectivity index (χ1n) is 8.12. The van der Waals surface area contributed by atoms with E-state index in [4.69, 9.17) is 4.74 Å². The van der Waals surface area contributed by atoms with Gasteiger partial charge in [-0.1, -0.05) is 31.2 Å². The Bertz CT molecular complexity index is 781. The number of carbonyl (C=O) groups excluding carboxylic acids is 3. The second-order valence-electron chi connectivity index (χ2n) is 5.72. The van der Waals surface area contributed by atoms with Gasteiger partial charge in [-0.05, 0) is 50.1 Å². The maximum atomic E-state index is 12.2. The molecule has 0 aliphatic carbocycles. The minimum Gasteiger partial charge on any atom is -0.449 e. The van der Waals surface area contributed by atoms with Crippen LogP contribution >= 0.6 is 0 Å². The van der Waals surface area contributed by atoms with E-state index >= 15 is 0 Å². The number of rotatable bonds is 6. The quantitative estimate of drug-likeness (QED) is 0.644. The number of benzene rings is 2. The van der Waals surface area contributed by atoms with E-state index in [-0.39, 0.29) is 5.78 Å². The molecule has 5 heteroatoms. The standard InChI is InChI=1S/C20H21NO4/c1-4-15-8-10-16(11-9-15)20(24)25-14(3)19(23)21-18-7-5-6-17(12-18)13(2)22/h5-12,14H,4H2,1-3H3,(H,21,23). The Morgan fingerprint density at radius 1 is 1.04 bits per heavy atom. The van der Waals surface area contributed by atoms with Gasteiger partial charge in [0.1, 0.15) is 0 Å². The zero-order valence-electron chi connectivity index (χ0n) is 14.5. The fraction of sp³-hybridized carbons (Fsp3) is 0.250. The Hall–Kier alpha value is -2.95. The summed E-state index contributed by atoms with van der Waals surface area (Å²) in [6, 6.07) is 13.7. The lowest BCUT2D eigenvalue weighted by Crippen LogP contribution is -2.30. The summed E-state index contributed by atoms with van der Waals surface area (Å²) in [5, 5.41) is 2.64. The van der Waals surface area contributed by atoms with Gasteiger partial charge in [0.2, 0.25) is 0 Å². The van der Waals surface area contributed by atoms with Crippen LogP contribution in [-0.4, -0.2) is 23.8 Å². The molecule has 5 nitrogen and oxygen atoms in total. The SMILES string of the molecule is CCc1ccc(C(=O)OC(C)C(=O)Nc2cccc(C(C)=O)c2)cc1. The van der Waals surface area contributed by atoms with Crippen LogP contribution in [0.2, 0.25) is 0 Å². The van der Waals surface area contributed by atoms with Gasteiger partial charge >= 0.3 is 5.97 Å². The van der Waals surface area contributed by atoms with Crippen LogP contribution in [0.1, 0.15) is 47.1 Å². The number of ketones is 1. The summed E-state index contributed by atoms with van der Waals surface area (Å²) in [4.78, 5) is 35.7. The average Bonchev–Trinajstić information content (AvgIpc) is 2.61. The van der Waals surface area contributed by atoms with Gasteiger partial charge in [0.15, 0.2) is 11.9 Å². The van der Waals surface area contributed by atoms with Gasteiger partial charge in [-0.15, -0.1) is 0 Å². The van der Waals surface area contributed by atoms with Crippen molar-refractivity contribution in [2.75, 3.05) is 5.32 Å². The van der Waals surface area contributed by atoms with Gasteiger partial charge in [-0.25, -0.2) is 4.79 Å². The van der Waals surface area contributed by atoms with E-state index in [0.29, 0.717) is 16.8 Å². The van der Waals surface area contributed by atoms with Gasteiger partial charge in [-0.3, -0.25) is 9.59 Å². The Balaban J connectivity index is 1.98. The summed E-state index contributed by atoms with van der Waals surface area (Å²) < 4.78 is 5.20. The van der Waals surface area contributed by atoms with Gasteiger partial charge in [0.05, 0.1) is 5.56 Å². The second kappa shape index (κ2) is 8.24. The number of amides is 1. The number of ether oxygens (including phenoxy) is 1. The number of hydrogen-bond acceptors (Lipinski definition) is 4. The molecule has 1 atom stereocenters. The maximum absolute atomic E-state index is 12.2. The molecule has 1 amide bonds. The van der Waals surface area contributed by atoms with Crippen LogP contribution in [0.4, 0.5) is 5.69 Å². The summed E-state index contributed by atoms with van der Waals surface area (Å²) in [5.41, 5.74) is 2.49. The number of nitrogens with one attached hydrogen (secondary N) is 1. The molecule has 130 valence electrons. The van der Waals surface area contributed by atoms with Crippen LogP contribution in [0, 0.1) is 0 Å². The van der Waals surface area contributed by atoms with Crippen molar-refractivity contribution in [1.29, 1.82) is 0 Å². The van der Waals surface area contributed by atoms with Crippen molar-refractivity contribution >= 4 is 23.3 Å². The van der Waals surface area contributed by atoms with E-state index in [1.165, 1.54) is 13.8 Å². The predicted octanol–water partition coefficient (Wildman–Crippen LogP) is 3.64. The number of esters is 1. The third kappa shape index (κ3) is 5.01. The number of carbonyl (C=O) groups is 3. The first-order chi connectivity index (χ1) is 11.9. The van der Waals surface area contributed by atoms with Crippen LogP contribution in [-0.2, 0) is 16.0 Å². The van der Waals surface area contributed by atoms with Crippen molar-refractivity contribution in [2.45, 2.75) is 33.3 Å². The molecule has 0 heterocycles. The second-order valence-corrected chi connectivity index (χ2v) is 5.72. The van der Waals surface area contributed by atoms with Crippen LogP contribution in [0.5, 0.6) is 0 Å². The van der Waals surface area contributed by atoms with E-state index in [1.807, 2.05) is 19.1 Å². The van der Waals surface area contributed by atoms with Gasteiger partial charge in [0.25, 0.3) is 5.91 Å². The molecule has 0 spiro atoms. The number of Topliss-reactive ketones (excluding diaryl/α,β-unsaturated/α-hetero) is 1. The van der Waals surface area contributed by atoms with Crippen molar-refractivity contribution in [3.8, 4) is 0 Å². The van der Waals surface area contributed by atoms with Crippen LogP contribution in [0.25, 0.3) is 0 Å². The zero-order chi connectivity index (χ0) is 18.4. The van der Waals surface area contributed by atoms with Gasteiger partial charge < -0.3 is 10.1 Å². The summed E-state index contributed by atoms with van der Waals surface area (Å²) in [7, 11) is 0. The largest absolute Gasteiger partial charge is 0.449 e. The first kappa shape index (κ1) is 18.4. The molecule has 0 radical (unpaired) electrons. The molecule has 0 aliphatic heterocycles. The molecular formula is C20H21NO4. The minimum atomic E-state index is -0.959. The average molecular weight is 339 g/mol. The number of aryl methyl sites for hydroxylation is 1. The molecule has 2 aromatic rings. The van der Waals surface area contributed by atoms with Crippen LogP contribution < -0.4 is 5.32 Å². The van der Waals surface area contributed by atoms with Crippen molar-refractivity contribution in [3.05, 3.63) is 65.2 Å². The molecule has 0 bridgehead atoms.